The highest BCUT2D eigenvalue weighted by Gasteiger charge is 2.44. The molecule has 2 aliphatic rings. The smallest absolute Gasteiger partial charge is 0.229 e. The average molecular weight is 677 g/mol. The predicted molar refractivity (Wildman–Crippen MR) is 190 cm³/mol. The lowest BCUT2D eigenvalue weighted by Gasteiger charge is -2.43. The number of piperidine rings is 2. The van der Waals surface area contributed by atoms with Crippen LogP contribution in [-0.2, 0) is 35.6 Å². The first-order valence-electron chi connectivity index (χ1n) is 17.9. The number of para-hydroxylation sites is 2. The van der Waals surface area contributed by atoms with Crippen LogP contribution in [0.2, 0.25) is 0 Å². The van der Waals surface area contributed by atoms with Gasteiger partial charge in [-0.25, -0.2) is 9.37 Å². The first-order chi connectivity index (χ1) is 24.5. The molecule has 1 unspecified atom stereocenters. The van der Waals surface area contributed by atoms with E-state index in [1.54, 1.807) is 6.26 Å². The summed E-state index contributed by atoms with van der Waals surface area (Å²) in [6.07, 6.45) is 6.18. The molecule has 50 heavy (non-hydrogen) atoms. The van der Waals surface area contributed by atoms with Gasteiger partial charge in [-0.2, -0.15) is 0 Å². The van der Waals surface area contributed by atoms with E-state index in [9.17, 15) is 14.0 Å². The Morgan fingerprint density at radius 1 is 0.900 bits per heavy atom. The number of rotatable bonds is 14. The molecule has 5 aromatic rings. The first kappa shape index (κ1) is 33.9. The van der Waals surface area contributed by atoms with E-state index in [1.165, 1.54) is 12.1 Å². The van der Waals surface area contributed by atoms with Gasteiger partial charge in [0.25, 0.3) is 0 Å². The number of aromatic nitrogens is 2. The maximum Gasteiger partial charge on any atom is 0.229 e. The van der Waals surface area contributed by atoms with Gasteiger partial charge in [-0.15, -0.1) is 0 Å². The van der Waals surface area contributed by atoms with E-state index in [1.807, 2.05) is 76.2 Å². The van der Waals surface area contributed by atoms with Gasteiger partial charge in [0.15, 0.2) is 5.82 Å². The molecule has 260 valence electrons. The van der Waals surface area contributed by atoms with Crippen LogP contribution in [-0.4, -0.2) is 63.8 Å². The van der Waals surface area contributed by atoms with Crippen LogP contribution in [0.4, 0.5) is 4.39 Å². The molecule has 0 saturated carbocycles. The van der Waals surface area contributed by atoms with Gasteiger partial charge in [-0.05, 0) is 106 Å². The molecule has 0 N–H and O–H groups in total. The molecule has 1 atom stereocenters. The molecule has 0 bridgehead atoms. The Morgan fingerprint density at radius 2 is 1.68 bits per heavy atom. The maximum atomic E-state index is 14.3. The van der Waals surface area contributed by atoms with E-state index in [4.69, 9.17) is 14.1 Å². The second-order valence-electron chi connectivity index (χ2n) is 13.8. The van der Waals surface area contributed by atoms with Crippen LogP contribution in [0.25, 0.3) is 11.0 Å². The molecule has 7 rings (SSSR count). The van der Waals surface area contributed by atoms with Crippen LogP contribution < -0.4 is 0 Å². The van der Waals surface area contributed by atoms with Crippen LogP contribution in [0.15, 0.2) is 102 Å². The first-order valence-corrected chi connectivity index (χ1v) is 17.9. The van der Waals surface area contributed by atoms with E-state index in [0.717, 1.165) is 86.2 Å². The van der Waals surface area contributed by atoms with Crippen molar-refractivity contribution in [1.29, 1.82) is 0 Å². The minimum Gasteiger partial charge on any atom is -0.467 e. The molecule has 3 aromatic carbocycles. The van der Waals surface area contributed by atoms with Gasteiger partial charge in [-0.1, -0.05) is 54.6 Å². The zero-order valence-electron chi connectivity index (χ0n) is 28.5. The highest BCUT2D eigenvalue weighted by atomic mass is 19.1. The Labute approximate surface area is 292 Å². The number of Topliss-reactive ketones (excluding diaryl/α,β-unsaturated/α-hetero) is 1. The summed E-state index contributed by atoms with van der Waals surface area (Å²) in [5, 5.41) is 0. The zero-order chi connectivity index (χ0) is 34.3. The minimum absolute atomic E-state index is 0.0821. The third-order valence-electron chi connectivity index (χ3n) is 10.5. The van der Waals surface area contributed by atoms with E-state index in [-0.39, 0.29) is 23.4 Å². The Morgan fingerprint density at radius 3 is 2.46 bits per heavy atom. The number of hydrogen-bond acceptors (Lipinski definition) is 6. The van der Waals surface area contributed by atoms with E-state index in [2.05, 4.69) is 17.0 Å². The molecular weight excluding hydrogens is 631 g/mol. The summed E-state index contributed by atoms with van der Waals surface area (Å²) >= 11 is 0. The largest absolute Gasteiger partial charge is 0.467 e. The fourth-order valence-corrected chi connectivity index (χ4v) is 7.77. The SMILES string of the molecule is O=C(c1nc2ccccc2n1CCOCc1ccco1)C1CCN(CCC2(Cc3ccc(F)cc3)CCCN(Cc3ccccc3)C2=O)CC1. The Hall–Kier alpha value is -4.60. The average Bonchev–Trinajstić information content (AvgIpc) is 3.81. The van der Waals surface area contributed by atoms with E-state index in [0.29, 0.717) is 38.5 Å². The monoisotopic (exact) mass is 676 g/mol. The molecule has 2 aliphatic heterocycles. The van der Waals surface area contributed by atoms with Gasteiger partial charge in [0, 0.05) is 25.6 Å². The van der Waals surface area contributed by atoms with E-state index >= 15 is 0 Å². The van der Waals surface area contributed by atoms with Crippen LogP contribution >= 0.6 is 0 Å². The van der Waals surface area contributed by atoms with Crippen molar-refractivity contribution in [3.8, 4) is 0 Å². The summed E-state index contributed by atoms with van der Waals surface area (Å²) in [6.45, 7) is 5.02. The van der Waals surface area contributed by atoms with Crippen molar-refractivity contribution in [3.63, 3.8) is 0 Å². The van der Waals surface area contributed by atoms with Crippen molar-refractivity contribution in [3.05, 3.63) is 126 Å². The number of imidazole rings is 1. The van der Waals surface area contributed by atoms with Crippen LogP contribution in [0.5, 0.6) is 0 Å². The molecular formula is C41H45FN4O4. The number of fused-ring (bicyclic) bond motifs is 1. The zero-order valence-corrected chi connectivity index (χ0v) is 28.5. The number of furan rings is 1. The number of likely N-dealkylation sites (tertiary alicyclic amines) is 2. The van der Waals surface area contributed by atoms with Crippen molar-refractivity contribution in [2.75, 3.05) is 32.8 Å². The summed E-state index contributed by atoms with van der Waals surface area (Å²) in [5.74, 6) is 1.15. The summed E-state index contributed by atoms with van der Waals surface area (Å²) in [6, 6.07) is 28.4. The highest BCUT2D eigenvalue weighted by molar-refractivity contribution is 5.98. The lowest BCUT2D eigenvalue weighted by molar-refractivity contribution is -0.148. The second kappa shape index (κ2) is 15.5. The molecule has 9 heteroatoms. The molecule has 2 saturated heterocycles. The lowest BCUT2D eigenvalue weighted by atomic mass is 9.71. The molecule has 1 amide bonds. The summed E-state index contributed by atoms with van der Waals surface area (Å²) < 4.78 is 27.0. The number of ketones is 1. The molecule has 2 fully saturated rings. The number of halogens is 1. The number of ether oxygens (including phenoxy) is 1. The van der Waals surface area contributed by atoms with Gasteiger partial charge < -0.3 is 23.5 Å². The third-order valence-corrected chi connectivity index (χ3v) is 10.5. The van der Waals surface area contributed by atoms with Crippen LogP contribution in [0.3, 0.4) is 0 Å². The molecule has 0 radical (unpaired) electrons. The standard InChI is InChI=1S/C41H45FN4O4/c42-34-15-13-31(14-16-34)28-41(19-7-21-45(40(41)48)29-32-8-2-1-3-9-32)20-24-44-22-17-33(18-23-44)38(47)39-43-36-11-4-5-12-37(36)46(39)25-27-49-30-35-10-6-26-50-35/h1-6,8-16,26,33H,7,17-25,27-30H2. The normalized spacial score (nSPS) is 19.0. The molecule has 0 spiro atoms. The topological polar surface area (TPSA) is 80.8 Å². The molecule has 8 nitrogen and oxygen atoms in total. The molecule has 0 aliphatic carbocycles. The van der Waals surface area contributed by atoms with Gasteiger partial charge in [0.2, 0.25) is 11.7 Å². The summed E-state index contributed by atoms with van der Waals surface area (Å²) in [5.41, 5.74) is 3.30. The lowest BCUT2D eigenvalue weighted by Crippen LogP contribution is -2.51. The highest BCUT2D eigenvalue weighted by Crippen LogP contribution is 2.39. The number of amides is 1. The fourth-order valence-electron chi connectivity index (χ4n) is 7.77. The number of benzene rings is 3. The third kappa shape index (κ3) is 7.74. The van der Waals surface area contributed by atoms with Crippen molar-refractivity contribution < 1.29 is 23.1 Å². The molecule has 2 aromatic heterocycles. The Kier molecular flexibility index (Phi) is 10.5. The van der Waals surface area contributed by atoms with Crippen LogP contribution in [0, 0.1) is 17.2 Å². The van der Waals surface area contributed by atoms with Crippen molar-refractivity contribution >= 4 is 22.7 Å². The predicted octanol–water partition coefficient (Wildman–Crippen LogP) is 7.32. The second-order valence-corrected chi connectivity index (χ2v) is 13.8. The summed E-state index contributed by atoms with van der Waals surface area (Å²) in [7, 11) is 0. The fraction of sp³-hybridized carbons (Fsp3) is 0.390. The Bertz CT molecular complexity index is 1870. The van der Waals surface area contributed by atoms with Crippen molar-refractivity contribution in [2.45, 2.75) is 58.2 Å². The number of carbonyl (C=O) groups is 2. The Balaban J connectivity index is 1.00. The summed E-state index contributed by atoms with van der Waals surface area (Å²) in [4.78, 5) is 37.5. The van der Waals surface area contributed by atoms with Crippen LogP contribution in [0.1, 0.15) is 59.6 Å². The van der Waals surface area contributed by atoms with E-state index < -0.39 is 5.41 Å². The van der Waals surface area contributed by atoms with Gasteiger partial charge in [0.1, 0.15) is 18.2 Å². The number of hydrogen-bond donors (Lipinski definition) is 0. The van der Waals surface area contributed by atoms with Crippen molar-refractivity contribution in [2.24, 2.45) is 11.3 Å². The minimum atomic E-state index is -0.554. The number of carbonyl (C=O) groups excluding carboxylic acids is 2. The van der Waals surface area contributed by atoms with Gasteiger partial charge in [-0.3, -0.25) is 9.59 Å². The van der Waals surface area contributed by atoms with Crippen molar-refractivity contribution in [1.82, 2.24) is 19.4 Å². The number of nitrogens with zero attached hydrogens (tertiary/aromatic N) is 4. The quantitative estimate of drug-likeness (QED) is 0.0906. The maximum absolute atomic E-state index is 14.3. The van der Waals surface area contributed by atoms with Gasteiger partial charge >= 0.3 is 0 Å². The van der Waals surface area contributed by atoms with Gasteiger partial charge in [0.05, 0.1) is 29.3 Å². The molecule has 4 heterocycles.